The zero-order valence-corrected chi connectivity index (χ0v) is 31.5. The van der Waals surface area contributed by atoms with Crippen LogP contribution in [0.15, 0.2) is 195 Å². The molecule has 0 aliphatic heterocycles. The molecule has 0 spiro atoms. The molecule has 0 amide bonds. The Bertz CT molecular complexity index is 3320. The molecule has 12 aromatic rings. The van der Waals surface area contributed by atoms with Gasteiger partial charge in [-0.2, -0.15) is 0 Å². The average Bonchev–Trinajstić information content (AvgIpc) is 3.99. The molecule has 0 radical (unpaired) electrons. The molecule has 0 fully saturated rings. The molecule has 0 atom stereocenters. The molecule has 260 valence electrons. The normalized spacial score (nSPS) is 12.3. The number of para-hydroxylation sites is 4. The molecule has 12 rings (SSSR count). The summed E-state index contributed by atoms with van der Waals surface area (Å²) in [6.07, 6.45) is 0. The van der Waals surface area contributed by atoms with Crippen LogP contribution in [-0.4, -0.2) is 4.57 Å². The van der Waals surface area contributed by atoms with Gasteiger partial charge in [0.1, 0.15) is 0 Å². The van der Waals surface area contributed by atoms with Crippen molar-refractivity contribution in [2.75, 3.05) is 0 Å². The number of rotatable bonds is 5. The van der Waals surface area contributed by atoms with E-state index in [0.29, 0.717) is 0 Å². The third-order valence-corrected chi connectivity index (χ3v) is 16.6. The molecule has 55 heavy (non-hydrogen) atoms. The summed E-state index contributed by atoms with van der Waals surface area (Å²) in [7, 11) is 0. The first-order valence-corrected chi connectivity index (χ1v) is 21.6. The Balaban J connectivity index is 0.980. The van der Waals surface area contributed by atoms with Gasteiger partial charge < -0.3 is 0 Å². The topological polar surface area (TPSA) is 44.4 Å². The van der Waals surface area contributed by atoms with Crippen LogP contribution in [0.25, 0.3) is 93.7 Å². The fourth-order valence-corrected chi connectivity index (χ4v) is 13.8. The van der Waals surface area contributed by atoms with Crippen molar-refractivity contribution in [3.63, 3.8) is 0 Å². The Kier molecular flexibility index (Phi) is 6.71. The van der Waals surface area contributed by atoms with Crippen molar-refractivity contribution in [2.24, 2.45) is 0 Å². The van der Waals surface area contributed by atoms with Crippen LogP contribution in [0, 0.1) is 10.7 Å². The monoisotopic (exact) mass is 819 g/mol. The van der Waals surface area contributed by atoms with Crippen LogP contribution in [0.3, 0.4) is 0 Å². The summed E-state index contributed by atoms with van der Waals surface area (Å²) >= 11 is -2.23. The number of aromatic nitrogens is 1. The standard InChI is InChI=1S/C50H30INO3/c1-2-10-36(11-3-1)52-43-15-7-4-14-41(43)49-42-25-20-32(28-46(42)55-50(49)52)31-18-21-33(22-19-31)51(34-23-26-39-37-12-5-8-16-44(37)53-47(39)29-34)35-24-27-40-38-13-6-9-17-45(38)54-48(40)30-35/h1-30H. The molecule has 0 aliphatic carbocycles. The number of hydrogen-bond donors (Lipinski definition) is 0. The van der Waals surface area contributed by atoms with E-state index in [0.717, 1.165) is 88.3 Å². The van der Waals surface area contributed by atoms with Gasteiger partial charge in [-0.25, -0.2) is 0 Å². The van der Waals surface area contributed by atoms with E-state index in [9.17, 15) is 0 Å². The zero-order chi connectivity index (χ0) is 36.0. The summed E-state index contributed by atoms with van der Waals surface area (Å²) in [5.74, 6) is 0. The van der Waals surface area contributed by atoms with Crippen molar-refractivity contribution in [2.45, 2.75) is 0 Å². The van der Waals surface area contributed by atoms with Gasteiger partial charge in [0.05, 0.1) is 0 Å². The summed E-state index contributed by atoms with van der Waals surface area (Å²) in [4.78, 5) is 0. The Morgan fingerprint density at radius 3 is 1.53 bits per heavy atom. The van der Waals surface area contributed by atoms with E-state index < -0.39 is 19.8 Å². The number of benzene rings is 8. The first-order chi connectivity index (χ1) is 27.2. The Morgan fingerprint density at radius 2 is 0.855 bits per heavy atom. The minimum Gasteiger partial charge on any atom is -0.0602 e. The van der Waals surface area contributed by atoms with E-state index >= 15 is 0 Å². The predicted molar refractivity (Wildman–Crippen MR) is 234 cm³/mol. The summed E-state index contributed by atoms with van der Waals surface area (Å²) in [5, 5.41) is 8.04. The summed E-state index contributed by atoms with van der Waals surface area (Å²) < 4.78 is 25.7. The van der Waals surface area contributed by atoms with Crippen LogP contribution in [-0.2, 0) is 0 Å². The van der Waals surface area contributed by atoms with Gasteiger partial charge in [-0.05, 0) is 0 Å². The Labute approximate surface area is 322 Å². The zero-order valence-electron chi connectivity index (χ0n) is 29.4. The van der Waals surface area contributed by atoms with Crippen molar-refractivity contribution < 1.29 is 13.3 Å². The molecule has 4 aromatic heterocycles. The van der Waals surface area contributed by atoms with Gasteiger partial charge in [0, 0.05) is 0 Å². The quantitative estimate of drug-likeness (QED) is 0.163. The van der Waals surface area contributed by atoms with Crippen LogP contribution in [0.2, 0.25) is 0 Å². The second kappa shape index (κ2) is 12.0. The average molecular weight is 820 g/mol. The fourth-order valence-electron chi connectivity index (χ4n) is 8.28. The smallest absolute Gasteiger partial charge is 0.0602 e. The molecular weight excluding hydrogens is 789 g/mol. The van der Waals surface area contributed by atoms with E-state index in [-0.39, 0.29) is 0 Å². The summed E-state index contributed by atoms with van der Waals surface area (Å²) in [6.45, 7) is 0. The minimum absolute atomic E-state index is 0.868. The molecule has 4 nitrogen and oxygen atoms in total. The molecular formula is C50H30INO3. The minimum atomic E-state index is -2.23. The van der Waals surface area contributed by atoms with Crippen LogP contribution < -0.4 is 0 Å². The van der Waals surface area contributed by atoms with E-state index in [4.69, 9.17) is 13.3 Å². The Morgan fingerprint density at radius 1 is 0.345 bits per heavy atom. The second-order valence-corrected chi connectivity index (χ2v) is 19.3. The van der Waals surface area contributed by atoms with Crippen molar-refractivity contribution in [1.82, 2.24) is 4.57 Å². The van der Waals surface area contributed by atoms with Crippen molar-refractivity contribution in [3.05, 3.63) is 193 Å². The van der Waals surface area contributed by atoms with Gasteiger partial charge >= 0.3 is 300 Å². The molecule has 8 aromatic carbocycles. The van der Waals surface area contributed by atoms with Crippen molar-refractivity contribution in [3.8, 4) is 16.8 Å². The van der Waals surface area contributed by atoms with E-state index in [1.165, 1.54) is 16.1 Å². The van der Waals surface area contributed by atoms with Gasteiger partial charge in [-0.15, -0.1) is 0 Å². The number of fused-ring (bicyclic) bond motifs is 11. The molecule has 0 aliphatic rings. The van der Waals surface area contributed by atoms with Crippen molar-refractivity contribution in [1.29, 1.82) is 0 Å². The summed E-state index contributed by atoms with van der Waals surface area (Å²) in [6, 6.07) is 65.0. The molecule has 0 unspecified atom stereocenters. The molecule has 0 saturated heterocycles. The number of furan rings is 3. The van der Waals surface area contributed by atoms with Gasteiger partial charge in [0.25, 0.3) is 0 Å². The van der Waals surface area contributed by atoms with Gasteiger partial charge in [0.2, 0.25) is 0 Å². The number of hydrogen-bond acceptors (Lipinski definition) is 3. The van der Waals surface area contributed by atoms with Gasteiger partial charge in [-0.3, -0.25) is 0 Å². The fraction of sp³-hybridized carbons (Fsp3) is 0. The molecule has 4 heterocycles. The number of halogens is 1. The van der Waals surface area contributed by atoms with Crippen LogP contribution in [0.5, 0.6) is 0 Å². The molecule has 0 N–H and O–H groups in total. The Hall–Kier alpha value is -6.57. The van der Waals surface area contributed by atoms with Crippen molar-refractivity contribution >= 4 is 96.7 Å². The SMILES string of the molecule is c1ccc(-n2c3ccccc3c3c4ccc(-c5ccc(I(c6ccc7c(c6)oc6ccccc67)c6ccc7c(c6)oc6ccccc67)cc5)cc4oc32)cc1. The molecule has 5 heteroatoms. The van der Waals surface area contributed by atoms with E-state index in [1.807, 2.05) is 30.3 Å². The first kappa shape index (κ1) is 30.8. The maximum atomic E-state index is 6.73. The summed E-state index contributed by atoms with van der Waals surface area (Å²) in [5.41, 5.74) is 9.93. The van der Waals surface area contributed by atoms with Crippen LogP contribution in [0.4, 0.5) is 0 Å². The van der Waals surface area contributed by atoms with E-state index in [1.54, 1.807) is 0 Å². The van der Waals surface area contributed by atoms with Gasteiger partial charge in [0.15, 0.2) is 0 Å². The second-order valence-electron chi connectivity index (χ2n) is 13.9. The first-order valence-electron chi connectivity index (χ1n) is 18.4. The maximum absolute atomic E-state index is 6.73. The van der Waals surface area contributed by atoms with Gasteiger partial charge in [-0.1, -0.05) is 24.3 Å². The molecule has 0 saturated carbocycles. The van der Waals surface area contributed by atoms with E-state index in [2.05, 4.69) is 156 Å². The van der Waals surface area contributed by atoms with Crippen LogP contribution in [0.1, 0.15) is 0 Å². The predicted octanol–water partition coefficient (Wildman–Crippen LogP) is 14.4. The third kappa shape index (κ3) is 4.76. The third-order valence-electron chi connectivity index (χ3n) is 10.8. The number of nitrogens with zero attached hydrogens (tertiary/aromatic N) is 1. The molecule has 0 bridgehead atoms. The van der Waals surface area contributed by atoms with Crippen LogP contribution >= 0.6 is 19.8 Å².